The van der Waals surface area contributed by atoms with E-state index in [2.05, 4.69) is 23.5 Å². The summed E-state index contributed by atoms with van der Waals surface area (Å²) in [6.07, 6.45) is 4.70. The van der Waals surface area contributed by atoms with Crippen molar-refractivity contribution in [2.75, 3.05) is 5.32 Å². The molecule has 1 aliphatic rings. The Morgan fingerprint density at radius 2 is 1.95 bits per heavy atom. The lowest BCUT2D eigenvalue weighted by Crippen LogP contribution is -2.08. The van der Waals surface area contributed by atoms with Crippen molar-refractivity contribution < 1.29 is 9.50 Å². The smallest absolute Gasteiger partial charge is 0.123 e. The van der Waals surface area contributed by atoms with Gasteiger partial charge in [0.2, 0.25) is 0 Å². The van der Waals surface area contributed by atoms with E-state index >= 15 is 0 Å². The van der Waals surface area contributed by atoms with Gasteiger partial charge >= 0.3 is 0 Å². The molecule has 0 bridgehead atoms. The summed E-state index contributed by atoms with van der Waals surface area (Å²) in [6.45, 7) is 0.431. The van der Waals surface area contributed by atoms with Gasteiger partial charge in [-0.1, -0.05) is 12.1 Å². The lowest BCUT2D eigenvalue weighted by atomic mass is 9.90. The number of phenols is 1. The van der Waals surface area contributed by atoms with Crippen LogP contribution in [0, 0.1) is 5.82 Å². The highest BCUT2D eigenvalue weighted by Crippen LogP contribution is 2.28. The first-order valence-electron chi connectivity index (χ1n) is 7.06. The van der Waals surface area contributed by atoms with E-state index in [0.29, 0.717) is 12.1 Å². The van der Waals surface area contributed by atoms with E-state index in [9.17, 15) is 9.50 Å². The third kappa shape index (κ3) is 2.62. The van der Waals surface area contributed by atoms with Gasteiger partial charge in [-0.3, -0.25) is 0 Å². The van der Waals surface area contributed by atoms with Crippen LogP contribution >= 0.6 is 0 Å². The summed E-state index contributed by atoms with van der Waals surface area (Å²) in [5.41, 5.74) is 4.46. The first kappa shape index (κ1) is 13.0. The molecule has 104 valence electrons. The molecule has 0 unspecified atom stereocenters. The van der Waals surface area contributed by atoms with Crippen LogP contribution in [0.2, 0.25) is 0 Å². The third-order valence-corrected chi connectivity index (χ3v) is 3.91. The van der Waals surface area contributed by atoms with Crippen LogP contribution in [0.4, 0.5) is 10.1 Å². The summed E-state index contributed by atoms with van der Waals surface area (Å²) in [5, 5.41) is 13.1. The summed E-state index contributed by atoms with van der Waals surface area (Å²) in [4.78, 5) is 0. The number of aryl methyl sites for hydroxylation is 1. The van der Waals surface area contributed by atoms with Gasteiger partial charge in [-0.25, -0.2) is 4.39 Å². The Bertz CT molecular complexity index is 624. The third-order valence-electron chi connectivity index (χ3n) is 3.91. The number of halogens is 1. The molecular weight excluding hydrogens is 253 g/mol. The van der Waals surface area contributed by atoms with Gasteiger partial charge in [0.25, 0.3) is 0 Å². The van der Waals surface area contributed by atoms with Gasteiger partial charge in [-0.2, -0.15) is 0 Å². The molecule has 3 rings (SSSR count). The topological polar surface area (TPSA) is 32.3 Å². The summed E-state index contributed by atoms with van der Waals surface area (Å²) < 4.78 is 13.2. The zero-order chi connectivity index (χ0) is 13.9. The molecule has 0 saturated carbocycles. The van der Waals surface area contributed by atoms with Gasteiger partial charge in [-0.15, -0.1) is 0 Å². The number of aromatic hydroxyl groups is 1. The maximum absolute atomic E-state index is 13.2. The van der Waals surface area contributed by atoms with Crippen molar-refractivity contribution in [2.24, 2.45) is 0 Å². The van der Waals surface area contributed by atoms with E-state index in [0.717, 1.165) is 18.5 Å². The van der Waals surface area contributed by atoms with E-state index in [1.165, 1.54) is 42.2 Å². The average Bonchev–Trinajstić information content (AvgIpc) is 2.48. The van der Waals surface area contributed by atoms with Crippen LogP contribution in [0.3, 0.4) is 0 Å². The number of benzene rings is 2. The largest absolute Gasteiger partial charge is 0.508 e. The quantitative estimate of drug-likeness (QED) is 0.883. The Morgan fingerprint density at radius 3 is 2.85 bits per heavy atom. The van der Waals surface area contributed by atoms with Crippen LogP contribution < -0.4 is 5.32 Å². The minimum atomic E-state index is -0.324. The van der Waals surface area contributed by atoms with Gasteiger partial charge in [0.05, 0.1) is 0 Å². The van der Waals surface area contributed by atoms with E-state index < -0.39 is 0 Å². The SMILES string of the molecule is Oc1ccc(F)cc1CNc1cccc2c1CCCC2. The second-order valence-electron chi connectivity index (χ2n) is 5.28. The number of anilines is 1. The highest BCUT2D eigenvalue weighted by Gasteiger charge is 2.13. The lowest BCUT2D eigenvalue weighted by Gasteiger charge is -2.20. The van der Waals surface area contributed by atoms with Crippen molar-refractivity contribution >= 4 is 5.69 Å². The molecule has 3 heteroatoms. The fourth-order valence-electron chi connectivity index (χ4n) is 2.83. The number of nitrogens with one attached hydrogen (secondary N) is 1. The van der Waals surface area contributed by atoms with Crippen molar-refractivity contribution in [2.45, 2.75) is 32.2 Å². The minimum Gasteiger partial charge on any atom is -0.508 e. The Labute approximate surface area is 118 Å². The van der Waals surface area contributed by atoms with E-state index in [1.807, 2.05) is 0 Å². The van der Waals surface area contributed by atoms with Crippen molar-refractivity contribution in [3.8, 4) is 5.75 Å². The maximum Gasteiger partial charge on any atom is 0.123 e. The number of fused-ring (bicyclic) bond motifs is 1. The summed E-state index contributed by atoms with van der Waals surface area (Å²) in [5.74, 6) is -0.196. The fraction of sp³-hybridized carbons (Fsp3) is 0.294. The van der Waals surface area contributed by atoms with Crippen LogP contribution in [0.5, 0.6) is 5.75 Å². The summed E-state index contributed by atoms with van der Waals surface area (Å²) >= 11 is 0. The van der Waals surface area contributed by atoms with Gasteiger partial charge < -0.3 is 10.4 Å². The zero-order valence-electron chi connectivity index (χ0n) is 11.3. The van der Waals surface area contributed by atoms with Crippen molar-refractivity contribution in [3.63, 3.8) is 0 Å². The fourth-order valence-corrected chi connectivity index (χ4v) is 2.83. The molecule has 0 spiro atoms. The maximum atomic E-state index is 13.2. The van der Waals surface area contributed by atoms with Gasteiger partial charge in [0.15, 0.2) is 0 Å². The highest BCUT2D eigenvalue weighted by atomic mass is 19.1. The Kier molecular flexibility index (Phi) is 3.59. The number of hydrogen-bond acceptors (Lipinski definition) is 2. The average molecular weight is 271 g/mol. The molecule has 1 aliphatic carbocycles. The number of hydrogen-bond donors (Lipinski definition) is 2. The summed E-state index contributed by atoms with van der Waals surface area (Å²) in [6, 6.07) is 10.3. The number of rotatable bonds is 3. The molecule has 0 atom stereocenters. The van der Waals surface area contributed by atoms with Crippen LogP contribution in [0.25, 0.3) is 0 Å². The minimum absolute atomic E-state index is 0.128. The standard InChI is InChI=1S/C17H18FNO/c18-14-8-9-17(20)13(10-14)11-19-16-7-3-5-12-4-1-2-6-15(12)16/h3,5,7-10,19-20H,1-2,4,6,11H2. The first-order valence-corrected chi connectivity index (χ1v) is 7.06. The van der Waals surface area contributed by atoms with E-state index in [4.69, 9.17) is 0 Å². The number of phenolic OH excluding ortho intramolecular Hbond substituents is 1. The molecule has 2 aromatic rings. The molecule has 0 heterocycles. The molecule has 0 fully saturated rings. The highest BCUT2D eigenvalue weighted by molar-refractivity contribution is 5.56. The molecule has 2 nitrogen and oxygen atoms in total. The van der Waals surface area contributed by atoms with Crippen LogP contribution in [0.1, 0.15) is 29.5 Å². The zero-order valence-corrected chi connectivity index (χ0v) is 11.3. The Hall–Kier alpha value is -2.03. The molecule has 20 heavy (non-hydrogen) atoms. The summed E-state index contributed by atoms with van der Waals surface area (Å²) in [7, 11) is 0. The molecule has 0 radical (unpaired) electrons. The van der Waals surface area contributed by atoms with Gasteiger partial charge in [0, 0.05) is 17.8 Å². The van der Waals surface area contributed by atoms with Crippen molar-refractivity contribution in [1.29, 1.82) is 0 Å². The van der Waals surface area contributed by atoms with Crippen molar-refractivity contribution in [1.82, 2.24) is 0 Å². The second kappa shape index (κ2) is 5.53. The molecule has 0 amide bonds. The van der Waals surface area contributed by atoms with Gasteiger partial charge in [0.1, 0.15) is 11.6 Å². The van der Waals surface area contributed by atoms with E-state index in [1.54, 1.807) is 0 Å². The Morgan fingerprint density at radius 1 is 1.10 bits per heavy atom. The predicted octanol–water partition coefficient (Wildman–Crippen LogP) is 4.02. The predicted molar refractivity (Wildman–Crippen MR) is 78.5 cm³/mol. The van der Waals surface area contributed by atoms with Crippen molar-refractivity contribution in [3.05, 3.63) is 58.9 Å². The van der Waals surface area contributed by atoms with Crippen LogP contribution in [0.15, 0.2) is 36.4 Å². The molecule has 2 aromatic carbocycles. The molecule has 0 aromatic heterocycles. The normalized spacial score (nSPS) is 13.8. The van der Waals surface area contributed by atoms with Crippen LogP contribution in [-0.2, 0) is 19.4 Å². The second-order valence-corrected chi connectivity index (χ2v) is 5.28. The molecule has 2 N–H and O–H groups in total. The lowest BCUT2D eigenvalue weighted by molar-refractivity contribution is 0.466. The molecular formula is C17H18FNO. The molecule has 0 saturated heterocycles. The van der Waals surface area contributed by atoms with Gasteiger partial charge in [-0.05, 0) is 61.1 Å². The monoisotopic (exact) mass is 271 g/mol. The Balaban J connectivity index is 1.80. The van der Waals surface area contributed by atoms with Crippen LogP contribution in [-0.4, -0.2) is 5.11 Å². The first-order chi connectivity index (χ1) is 9.74. The van der Waals surface area contributed by atoms with E-state index in [-0.39, 0.29) is 11.6 Å². The molecule has 0 aliphatic heterocycles.